The molecule has 0 saturated heterocycles. The highest BCUT2D eigenvalue weighted by molar-refractivity contribution is 9.10. The minimum Gasteiger partial charge on any atom is -0.341 e. The summed E-state index contributed by atoms with van der Waals surface area (Å²) in [7, 11) is 0. The van der Waals surface area contributed by atoms with Crippen molar-refractivity contribution in [3.05, 3.63) is 77.3 Å². The molecule has 146 valence electrons. The number of carbonyl (C=O) groups is 1. The van der Waals surface area contributed by atoms with Gasteiger partial charge in [-0.1, -0.05) is 69.4 Å². The number of benzene rings is 2. The molecular formula is C20H16BrN5OS2. The van der Waals surface area contributed by atoms with Crippen LogP contribution < -0.4 is 10.6 Å². The van der Waals surface area contributed by atoms with Gasteiger partial charge >= 0.3 is 6.03 Å². The Morgan fingerprint density at radius 2 is 1.86 bits per heavy atom. The van der Waals surface area contributed by atoms with Crippen molar-refractivity contribution in [2.75, 3.05) is 5.32 Å². The summed E-state index contributed by atoms with van der Waals surface area (Å²) in [5.41, 5.74) is 1.93. The van der Waals surface area contributed by atoms with E-state index in [0.717, 1.165) is 24.8 Å². The van der Waals surface area contributed by atoms with Crippen LogP contribution in [0, 0.1) is 0 Å². The molecule has 2 heterocycles. The second-order valence-electron chi connectivity index (χ2n) is 5.96. The topological polar surface area (TPSA) is 82.7 Å². The molecule has 2 amide bonds. The van der Waals surface area contributed by atoms with Gasteiger partial charge in [0, 0.05) is 9.37 Å². The fraction of sp³-hybridized carbons (Fsp3) is 0.0500. The number of halogens is 1. The number of anilines is 1. The van der Waals surface area contributed by atoms with E-state index in [1.54, 1.807) is 24.2 Å². The van der Waals surface area contributed by atoms with Crippen LogP contribution in [0.1, 0.15) is 5.82 Å². The summed E-state index contributed by atoms with van der Waals surface area (Å²) in [6, 6.07) is 17.7. The standard InChI is InChI=1S/C20H16BrN5OS2/c21-14-8-6-13(7-9-14)16-10-22-17(25-16)11-23-19(27)26-20-24-12-18(29-20)28-15-4-2-1-3-5-15/h1-10,12H,11H2,(H,22,25)(H2,23,24,26,27). The first-order valence-electron chi connectivity index (χ1n) is 8.69. The van der Waals surface area contributed by atoms with Gasteiger partial charge in [0.05, 0.1) is 28.8 Å². The first kappa shape index (κ1) is 19.7. The van der Waals surface area contributed by atoms with Gasteiger partial charge < -0.3 is 10.3 Å². The van der Waals surface area contributed by atoms with Crippen molar-refractivity contribution in [1.29, 1.82) is 0 Å². The normalized spacial score (nSPS) is 10.7. The van der Waals surface area contributed by atoms with Gasteiger partial charge in [-0.15, -0.1) is 0 Å². The Morgan fingerprint density at radius 1 is 1.07 bits per heavy atom. The number of aromatic nitrogens is 3. The first-order chi connectivity index (χ1) is 14.2. The maximum atomic E-state index is 12.2. The molecule has 0 bridgehead atoms. The number of imidazole rings is 1. The Bertz CT molecular complexity index is 1100. The summed E-state index contributed by atoms with van der Waals surface area (Å²) in [6.07, 6.45) is 3.51. The van der Waals surface area contributed by atoms with Gasteiger partial charge in [0.2, 0.25) is 0 Å². The van der Waals surface area contributed by atoms with Gasteiger partial charge in [-0.25, -0.2) is 14.8 Å². The van der Waals surface area contributed by atoms with E-state index >= 15 is 0 Å². The predicted molar refractivity (Wildman–Crippen MR) is 120 cm³/mol. The molecule has 3 N–H and O–H groups in total. The van der Waals surface area contributed by atoms with Crippen LogP contribution in [0.2, 0.25) is 0 Å². The second kappa shape index (κ2) is 9.25. The molecule has 6 nitrogen and oxygen atoms in total. The van der Waals surface area contributed by atoms with E-state index in [0.29, 0.717) is 17.5 Å². The summed E-state index contributed by atoms with van der Waals surface area (Å²) in [5, 5.41) is 6.10. The molecule has 0 fully saturated rings. The number of thiazole rings is 1. The summed E-state index contributed by atoms with van der Waals surface area (Å²) in [6.45, 7) is 0.291. The number of nitrogens with one attached hydrogen (secondary N) is 3. The third-order valence-corrected chi connectivity index (χ3v) is 6.42. The number of nitrogens with zero attached hydrogens (tertiary/aromatic N) is 2. The maximum absolute atomic E-state index is 12.2. The number of carbonyl (C=O) groups excluding carboxylic acids is 1. The van der Waals surface area contributed by atoms with Crippen molar-refractivity contribution >= 4 is 50.2 Å². The number of urea groups is 1. The maximum Gasteiger partial charge on any atom is 0.321 e. The molecule has 29 heavy (non-hydrogen) atoms. The highest BCUT2D eigenvalue weighted by atomic mass is 79.9. The zero-order valence-corrected chi connectivity index (χ0v) is 18.3. The van der Waals surface area contributed by atoms with E-state index < -0.39 is 0 Å². The number of H-pyrrole nitrogens is 1. The molecule has 4 aromatic rings. The van der Waals surface area contributed by atoms with Gasteiger partial charge in [0.25, 0.3) is 0 Å². The highest BCUT2D eigenvalue weighted by Crippen LogP contribution is 2.33. The average molecular weight is 486 g/mol. The lowest BCUT2D eigenvalue weighted by molar-refractivity contribution is 0.251. The minimum absolute atomic E-state index is 0.291. The van der Waals surface area contributed by atoms with Gasteiger partial charge in [0.15, 0.2) is 5.13 Å². The lowest BCUT2D eigenvalue weighted by atomic mass is 10.2. The average Bonchev–Trinajstić information content (AvgIpc) is 3.37. The first-order valence-corrected chi connectivity index (χ1v) is 11.1. The number of hydrogen-bond donors (Lipinski definition) is 3. The zero-order valence-electron chi connectivity index (χ0n) is 15.1. The van der Waals surface area contributed by atoms with Crippen LogP contribution in [0.25, 0.3) is 11.3 Å². The Balaban J connectivity index is 1.29. The van der Waals surface area contributed by atoms with E-state index in [4.69, 9.17) is 0 Å². The van der Waals surface area contributed by atoms with Crippen molar-refractivity contribution in [3.63, 3.8) is 0 Å². The summed E-state index contributed by atoms with van der Waals surface area (Å²) in [5.74, 6) is 0.678. The van der Waals surface area contributed by atoms with E-state index in [2.05, 4.69) is 41.5 Å². The predicted octanol–water partition coefficient (Wildman–Crippen LogP) is 5.77. The zero-order chi connectivity index (χ0) is 20.1. The number of rotatable bonds is 6. The van der Waals surface area contributed by atoms with Crippen LogP contribution in [0.4, 0.5) is 9.93 Å². The lowest BCUT2D eigenvalue weighted by Gasteiger charge is -2.03. The van der Waals surface area contributed by atoms with Gasteiger partial charge in [0.1, 0.15) is 5.82 Å². The highest BCUT2D eigenvalue weighted by Gasteiger charge is 2.09. The van der Waals surface area contributed by atoms with Gasteiger partial charge in [-0.3, -0.25) is 5.32 Å². The molecule has 0 atom stereocenters. The van der Waals surface area contributed by atoms with E-state index in [9.17, 15) is 4.79 Å². The molecule has 2 aromatic carbocycles. The van der Waals surface area contributed by atoms with E-state index in [-0.39, 0.29) is 6.03 Å². The van der Waals surface area contributed by atoms with Crippen LogP contribution in [0.5, 0.6) is 0 Å². The molecule has 0 saturated carbocycles. The summed E-state index contributed by atoms with van der Waals surface area (Å²) < 4.78 is 2.03. The molecule has 0 aliphatic rings. The molecule has 9 heteroatoms. The summed E-state index contributed by atoms with van der Waals surface area (Å²) in [4.78, 5) is 25.1. The Morgan fingerprint density at radius 3 is 2.66 bits per heavy atom. The Kier molecular flexibility index (Phi) is 6.28. The molecule has 0 aliphatic heterocycles. The molecule has 0 radical (unpaired) electrons. The van der Waals surface area contributed by atoms with Gasteiger partial charge in [-0.2, -0.15) is 0 Å². The van der Waals surface area contributed by atoms with Crippen LogP contribution in [0.15, 0.2) is 80.6 Å². The number of hydrogen-bond acceptors (Lipinski definition) is 5. The van der Waals surface area contributed by atoms with Crippen LogP contribution in [-0.2, 0) is 6.54 Å². The molecule has 0 unspecified atom stereocenters. The quantitative estimate of drug-likeness (QED) is 0.323. The minimum atomic E-state index is -0.322. The van der Waals surface area contributed by atoms with Crippen LogP contribution in [0.3, 0.4) is 0 Å². The monoisotopic (exact) mass is 485 g/mol. The van der Waals surface area contributed by atoms with E-state index in [1.807, 2.05) is 54.6 Å². The molecule has 0 spiro atoms. The van der Waals surface area contributed by atoms with Crippen molar-refractivity contribution in [3.8, 4) is 11.3 Å². The van der Waals surface area contributed by atoms with Crippen molar-refractivity contribution in [2.24, 2.45) is 0 Å². The lowest BCUT2D eigenvalue weighted by Crippen LogP contribution is -2.28. The smallest absolute Gasteiger partial charge is 0.321 e. The van der Waals surface area contributed by atoms with Crippen LogP contribution in [-0.4, -0.2) is 21.0 Å². The van der Waals surface area contributed by atoms with Crippen molar-refractivity contribution < 1.29 is 4.79 Å². The Hall–Kier alpha value is -2.62. The Labute approximate surface area is 184 Å². The molecule has 4 rings (SSSR count). The van der Waals surface area contributed by atoms with E-state index in [1.165, 1.54) is 11.3 Å². The second-order valence-corrected chi connectivity index (χ2v) is 9.28. The number of amides is 2. The third kappa shape index (κ3) is 5.47. The molecular weight excluding hydrogens is 470 g/mol. The fourth-order valence-electron chi connectivity index (χ4n) is 2.50. The van der Waals surface area contributed by atoms with Crippen LogP contribution >= 0.6 is 39.0 Å². The SMILES string of the molecule is O=C(NCc1ncc(-c2ccc(Br)cc2)[nH]1)Nc1ncc(Sc2ccccc2)s1. The largest absolute Gasteiger partial charge is 0.341 e. The fourth-order valence-corrected chi connectivity index (χ4v) is 4.64. The van der Waals surface area contributed by atoms with Crippen molar-refractivity contribution in [1.82, 2.24) is 20.3 Å². The summed E-state index contributed by atoms with van der Waals surface area (Å²) >= 11 is 6.47. The third-order valence-electron chi connectivity index (χ3n) is 3.87. The molecule has 2 aromatic heterocycles. The molecule has 0 aliphatic carbocycles. The van der Waals surface area contributed by atoms with Gasteiger partial charge in [-0.05, 0) is 29.8 Å². The number of aromatic amines is 1. The van der Waals surface area contributed by atoms with Crippen molar-refractivity contribution in [2.45, 2.75) is 15.6 Å².